The summed E-state index contributed by atoms with van der Waals surface area (Å²) in [7, 11) is -4.76. The molecule has 0 radical (unpaired) electrons. The van der Waals surface area contributed by atoms with E-state index in [9.17, 15) is 33.1 Å². The second-order valence-electron chi connectivity index (χ2n) is 11.9. The largest absolute Gasteiger partial charge is 1.00 e. The summed E-state index contributed by atoms with van der Waals surface area (Å²) in [5.74, 6) is -0.343. The quantitative estimate of drug-likeness (QED) is 0.198. The Morgan fingerprint density at radius 1 is 1.09 bits per heavy atom. The van der Waals surface area contributed by atoms with Gasteiger partial charge in [-0.25, -0.2) is 8.42 Å². The summed E-state index contributed by atoms with van der Waals surface area (Å²) in [5.41, 5.74) is -0.523. The van der Waals surface area contributed by atoms with Crippen molar-refractivity contribution in [3.05, 3.63) is 0 Å². The minimum Gasteiger partial charge on any atom is -0.726 e. The molecule has 4 rings (SSSR count). The molecular formula is C24H38Na2O8S. The summed E-state index contributed by atoms with van der Waals surface area (Å²) in [5, 5.41) is 33.8. The molecule has 0 spiro atoms. The van der Waals surface area contributed by atoms with Crippen LogP contribution in [0.25, 0.3) is 0 Å². The van der Waals surface area contributed by atoms with Crippen LogP contribution in [0.5, 0.6) is 0 Å². The van der Waals surface area contributed by atoms with Gasteiger partial charge < -0.3 is 24.7 Å². The number of aliphatic carboxylic acids is 1. The molecular weight excluding hydrogens is 494 g/mol. The molecule has 4 aliphatic carbocycles. The molecule has 0 aromatic rings. The van der Waals surface area contributed by atoms with E-state index in [1.807, 2.05) is 0 Å². The Hall–Kier alpha value is 1.26. The predicted octanol–water partition coefficient (Wildman–Crippen LogP) is -4.39. The van der Waals surface area contributed by atoms with E-state index >= 15 is 0 Å². The van der Waals surface area contributed by atoms with Crippen molar-refractivity contribution in [2.24, 2.45) is 46.3 Å². The van der Waals surface area contributed by atoms with Crippen molar-refractivity contribution >= 4 is 16.4 Å². The third-order valence-corrected chi connectivity index (χ3v) is 11.1. The van der Waals surface area contributed by atoms with Gasteiger partial charge in [0.25, 0.3) is 0 Å². The molecule has 2 N–H and O–H groups in total. The number of carbonyl (C=O) groups excluding carboxylic acids is 1. The van der Waals surface area contributed by atoms with Crippen LogP contribution in [-0.2, 0) is 19.4 Å². The third kappa shape index (κ3) is 6.06. The van der Waals surface area contributed by atoms with Crippen LogP contribution in [0.2, 0.25) is 0 Å². The van der Waals surface area contributed by atoms with Crippen LogP contribution in [0.4, 0.5) is 0 Å². The smallest absolute Gasteiger partial charge is 0.726 e. The number of aliphatic hydroxyl groups excluding tert-OH is 2. The molecule has 4 saturated carbocycles. The monoisotopic (exact) mass is 532 g/mol. The predicted molar refractivity (Wildman–Crippen MR) is 116 cm³/mol. The average molecular weight is 533 g/mol. The van der Waals surface area contributed by atoms with Gasteiger partial charge in [-0.15, -0.1) is 0 Å². The van der Waals surface area contributed by atoms with Crippen LogP contribution in [0.1, 0.15) is 78.6 Å². The van der Waals surface area contributed by atoms with Gasteiger partial charge in [-0.3, -0.25) is 4.18 Å². The normalized spacial score (nSPS) is 45.7. The fourth-order valence-corrected chi connectivity index (χ4v) is 9.42. The zero-order valence-corrected chi connectivity index (χ0v) is 26.6. The van der Waals surface area contributed by atoms with E-state index in [1.54, 1.807) is 0 Å². The van der Waals surface area contributed by atoms with E-state index in [1.165, 1.54) is 0 Å². The Balaban J connectivity index is 0.00000216. The van der Waals surface area contributed by atoms with Crippen LogP contribution in [0, 0.1) is 46.3 Å². The Kier molecular flexibility index (Phi) is 10.9. The maximum atomic E-state index is 11.5. The fourth-order valence-electron chi connectivity index (χ4n) is 8.92. The molecule has 11 atom stereocenters. The number of fused-ring (bicyclic) bond motifs is 5. The molecule has 0 bridgehead atoms. The minimum absolute atomic E-state index is 0. The van der Waals surface area contributed by atoms with Gasteiger partial charge in [-0.1, -0.05) is 20.8 Å². The molecule has 0 saturated heterocycles. The van der Waals surface area contributed by atoms with E-state index < -0.39 is 34.7 Å². The van der Waals surface area contributed by atoms with Crippen molar-refractivity contribution in [1.29, 1.82) is 0 Å². The summed E-state index contributed by atoms with van der Waals surface area (Å²) in [6.45, 7) is 6.41. The molecule has 0 aromatic carbocycles. The Bertz CT molecular complexity index is 872. The van der Waals surface area contributed by atoms with Crippen molar-refractivity contribution in [2.45, 2.75) is 96.9 Å². The first kappa shape index (κ1) is 32.5. The average Bonchev–Trinajstić information content (AvgIpc) is 3.05. The van der Waals surface area contributed by atoms with Gasteiger partial charge in [0, 0.05) is 5.97 Å². The molecule has 4 aliphatic rings. The maximum absolute atomic E-state index is 11.5. The van der Waals surface area contributed by atoms with E-state index in [0.29, 0.717) is 38.5 Å². The molecule has 0 aliphatic heterocycles. The third-order valence-electron chi connectivity index (χ3n) is 10.6. The van der Waals surface area contributed by atoms with Gasteiger partial charge in [0.1, 0.15) is 0 Å². The number of rotatable bonds is 6. The topological polar surface area (TPSA) is 147 Å². The van der Waals surface area contributed by atoms with Gasteiger partial charge in [-0.05, 0) is 104 Å². The zero-order valence-electron chi connectivity index (χ0n) is 21.8. The van der Waals surface area contributed by atoms with E-state index in [0.717, 1.165) is 12.8 Å². The molecule has 190 valence electrons. The van der Waals surface area contributed by atoms with E-state index in [4.69, 9.17) is 4.18 Å². The second-order valence-corrected chi connectivity index (χ2v) is 12.9. The van der Waals surface area contributed by atoms with Crippen molar-refractivity contribution in [1.82, 2.24) is 0 Å². The number of carboxylic acids is 1. The molecule has 8 nitrogen and oxygen atoms in total. The molecule has 0 aromatic heterocycles. The summed E-state index contributed by atoms with van der Waals surface area (Å²) in [6.07, 6.45) is 3.38. The standard InChI is InChI=1S/C24H40O8S.2Na/c1-13(4-7-21(27)28)16-5-6-17-22-18(12-20(26)24(16,17)3)23(2)9-8-15(32-33(29,30)31)10-14(23)11-19(22)25;;/h13-20,22,25-26H,4-12H2,1-3H3,(H,27,28)(H,29,30,31);;/q;2*+1/p-2/t13-,14-,15-,16-,17+,18+,19-,20+,22+,23+,24-;;/m1../s1. The molecule has 0 heterocycles. The fraction of sp³-hybridized carbons (Fsp3) is 0.958. The summed E-state index contributed by atoms with van der Waals surface area (Å²) < 4.78 is 38.1. The molecule has 0 unspecified atom stereocenters. The first-order valence-corrected chi connectivity index (χ1v) is 13.8. The van der Waals surface area contributed by atoms with E-state index in [-0.39, 0.29) is 112 Å². The van der Waals surface area contributed by atoms with Gasteiger partial charge in [0.15, 0.2) is 0 Å². The zero-order chi connectivity index (χ0) is 24.3. The van der Waals surface area contributed by atoms with Crippen molar-refractivity contribution in [3.8, 4) is 0 Å². The maximum Gasteiger partial charge on any atom is 1.00 e. The number of carbonyl (C=O) groups is 1. The van der Waals surface area contributed by atoms with Gasteiger partial charge in [0.2, 0.25) is 10.4 Å². The van der Waals surface area contributed by atoms with Crippen LogP contribution < -0.4 is 64.2 Å². The van der Waals surface area contributed by atoms with Gasteiger partial charge in [0.05, 0.1) is 18.3 Å². The summed E-state index contributed by atoms with van der Waals surface area (Å²) in [6, 6.07) is 0. The summed E-state index contributed by atoms with van der Waals surface area (Å²) >= 11 is 0. The minimum atomic E-state index is -4.76. The van der Waals surface area contributed by atoms with Crippen LogP contribution in [0.3, 0.4) is 0 Å². The number of hydrogen-bond acceptors (Lipinski definition) is 8. The SMILES string of the molecule is C[C@H](CCC(=O)[O-])[C@H]1CC[C@H]2[C@@H]3[C@H](O)C[C@H]4C[C@H](OS(=O)(=O)[O-])CC[C@]4(C)[C@H]3C[C@H](O)[C@]12C.[Na+].[Na+]. The second kappa shape index (κ2) is 11.8. The van der Waals surface area contributed by atoms with E-state index in [2.05, 4.69) is 20.8 Å². The Morgan fingerprint density at radius 2 is 1.74 bits per heavy atom. The van der Waals surface area contributed by atoms with Gasteiger partial charge >= 0.3 is 59.1 Å². The van der Waals surface area contributed by atoms with Crippen LogP contribution in [0.15, 0.2) is 0 Å². The molecule has 4 fully saturated rings. The molecule has 0 amide bonds. The number of hydrogen-bond donors (Lipinski definition) is 2. The van der Waals surface area contributed by atoms with Crippen molar-refractivity contribution in [3.63, 3.8) is 0 Å². The molecule has 11 heteroatoms. The number of aliphatic hydroxyl groups is 2. The number of carboxylic acid groups (broad SMARTS) is 1. The summed E-state index contributed by atoms with van der Waals surface area (Å²) in [4.78, 5) is 11.0. The van der Waals surface area contributed by atoms with Crippen molar-refractivity contribution in [2.75, 3.05) is 0 Å². The first-order chi connectivity index (χ1) is 15.3. The first-order valence-electron chi connectivity index (χ1n) is 12.5. The van der Waals surface area contributed by atoms with Crippen LogP contribution >= 0.6 is 0 Å². The Labute approximate surface area is 253 Å². The van der Waals surface area contributed by atoms with Crippen molar-refractivity contribution < 1.29 is 96.4 Å². The van der Waals surface area contributed by atoms with Crippen LogP contribution in [-0.4, -0.2) is 47.5 Å². The Morgan fingerprint density at radius 3 is 2.34 bits per heavy atom. The van der Waals surface area contributed by atoms with Gasteiger partial charge in [-0.2, -0.15) is 0 Å². The molecule has 35 heavy (non-hydrogen) atoms.